The molecular weight excluding hydrogens is 320 g/mol. The Hall–Kier alpha value is -2.79. The Morgan fingerprint density at radius 2 is 1.79 bits per heavy atom. The molecule has 3 aromatic rings. The largest absolute Gasteiger partial charge is 0.508 e. The predicted molar refractivity (Wildman–Crippen MR) is 98.8 cm³/mol. The van der Waals surface area contributed by atoms with Crippen molar-refractivity contribution in [2.75, 3.05) is 0 Å². The Labute approximate surface area is 144 Å². The molecule has 122 valence electrons. The molecule has 0 fully saturated rings. The average Bonchev–Trinajstić information content (AvgIpc) is 2.99. The van der Waals surface area contributed by atoms with Crippen LogP contribution in [0, 0.1) is 13.8 Å². The van der Waals surface area contributed by atoms with Gasteiger partial charge in [0.15, 0.2) is 5.84 Å². The third-order valence-electron chi connectivity index (χ3n) is 3.93. The molecule has 0 atom stereocenters. The molecule has 3 rings (SSSR count). The summed E-state index contributed by atoms with van der Waals surface area (Å²) in [5, 5.41) is 24.0. The van der Waals surface area contributed by atoms with Gasteiger partial charge in [0.05, 0.1) is 0 Å². The third kappa shape index (κ3) is 2.86. The van der Waals surface area contributed by atoms with E-state index in [1.165, 1.54) is 0 Å². The number of hydrogen-bond acceptors (Lipinski definition) is 4. The number of aryl methyl sites for hydroxylation is 2. The monoisotopic (exact) mass is 338 g/mol. The van der Waals surface area contributed by atoms with Crippen molar-refractivity contribution in [2.45, 2.75) is 13.8 Å². The molecule has 0 aliphatic carbocycles. The average molecular weight is 338 g/mol. The van der Waals surface area contributed by atoms with Crippen LogP contribution in [0.4, 0.5) is 0 Å². The topological polar surface area (TPSA) is 78.8 Å². The molecule has 0 bridgehead atoms. The molecule has 1 aromatic heterocycles. The first kappa shape index (κ1) is 16.1. The van der Waals surface area contributed by atoms with Crippen molar-refractivity contribution in [3.05, 3.63) is 64.5 Å². The van der Waals surface area contributed by atoms with Gasteiger partial charge >= 0.3 is 0 Å². The van der Waals surface area contributed by atoms with Gasteiger partial charge in [-0.1, -0.05) is 23.4 Å². The van der Waals surface area contributed by atoms with Gasteiger partial charge in [-0.3, -0.25) is 0 Å². The number of hydrogen-bond donors (Lipinski definition) is 3. The van der Waals surface area contributed by atoms with Crippen molar-refractivity contribution in [1.29, 1.82) is 0 Å². The first-order chi connectivity index (χ1) is 11.5. The molecule has 1 heterocycles. The molecule has 0 aliphatic rings. The van der Waals surface area contributed by atoms with Crippen LogP contribution in [0.5, 0.6) is 5.75 Å². The van der Waals surface area contributed by atoms with Crippen molar-refractivity contribution in [1.82, 2.24) is 0 Å². The molecule has 0 unspecified atom stereocenters. The molecule has 24 heavy (non-hydrogen) atoms. The van der Waals surface area contributed by atoms with Crippen LogP contribution in [0.1, 0.15) is 16.7 Å². The summed E-state index contributed by atoms with van der Waals surface area (Å²) in [5.41, 5.74) is 11.7. The van der Waals surface area contributed by atoms with E-state index in [4.69, 9.17) is 5.73 Å². The van der Waals surface area contributed by atoms with Gasteiger partial charge in [0.2, 0.25) is 0 Å². The molecule has 4 nitrogen and oxygen atoms in total. The highest BCUT2D eigenvalue weighted by Gasteiger charge is 2.18. The number of phenolic OH excluding ortho intramolecular Hbond substituents is 1. The van der Waals surface area contributed by atoms with Gasteiger partial charge in [0.25, 0.3) is 0 Å². The third-order valence-corrected chi connectivity index (χ3v) is 4.97. The number of oxime groups is 1. The van der Waals surface area contributed by atoms with Crippen molar-refractivity contribution in [3.8, 4) is 27.3 Å². The molecular formula is C19H18N2O2S. The maximum Gasteiger partial charge on any atom is 0.170 e. The second kappa shape index (κ2) is 6.37. The maximum absolute atomic E-state index is 9.57. The number of rotatable bonds is 3. The summed E-state index contributed by atoms with van der Waals surface area (Å²) in [5.74, 6) is 0.304. The van der Waals surface area contributed by atoms with Crippen LogP contribution in [0.2, 0.25) is 0 Å². The van der Waals surface area contributed by atoms with Crippen LogP contribution in [-0.4, -0.2) is 16.1 Å². The first-order valence-electron chi connectivity index (χ1n) is 7.47. The number of thiophene rings is 1. The Morgan fingerprint density at radius 1 is 1.08 bits per heavy atom. The molecule has 0 radical (unpaired) electrons. The van der Waals surface area contributed by atoms with Crippen molar-refractivity contribution < 1.29 is 10.3 Å². The number of nitrogens with zero attached hydrogens (tertiary/aromatic N) is 1. The van der Waals surface area contributed by atoms with E-state index in [-0.39, 0.29) is 11.6 Å². The number of nitrogens with two attached hydrogens (primary N) is 1. The Bertz CT molecular complexity index is 912. The van der Waals surface area contributed by atoms with Gasteiger partial charge in [-0.05, 0) is 65.7 Å². The number of amidine groups is 1. The second-order valence-corrected chi connectivity index (χ2v) is 6.62. The fourth-order valence-corrected chi connectivity index (χ4v) is 3.78. The van der Waals surface area contributed by atoms with Crippen LogP contribution in [0.25, 0.3) is 21.6 Å². The summed E-state index contributed by atoms with van der Waals surface area (Å²) in [6.07, 6.45) is 0. The highest BCUT2D eigenvalue weighted by molar-refractivity contribution is 7.13. The van der Waals surface area contributed by atoms with Gasteiger partial charge in [-0.25, -0.2) is 0 Å². The SMILES string of the molecule is Cc1cc(/C(N)=N/O)c(-c2sccc2C)c(-c2ccc(O)cc2)c1. The van der Waals surface area contributed by atoms with Crippen molar-refractivity contribution in [2.24, 2.45) is 10.9 Å². The number of benzene rings is 2. The summed E-state index contributed by atoms with van der Waals surface area (Å²) < 4.78 is 0. The predicted octanol–water partition coefficient (Wildman–Crippen LogP) is 4.50. The lowest BCUT2D eigenvalue weighted by atomic mass is 9.90. The minimum Gasteiger partial charge on any atom is -0.508 e. The minimum absolute atomic E-state index is 0.0847. The summed E-state index contributed by atoms with van der Waals surface area (Å²) in [6.45, 7) is 4.02. The zero-order valence-electron chi connectivity index (χ0n) is 13.4. The molecule has 0 aliphatic heterocycles. The van der Waals surface area contributed by atoms with Crippen LogP contribution >= 0.6 is 11.3 Å². The zero-order valence-corrected chi connectivity index (χ0v) is 14.3. The van der Waals surface area contributed by atoms with E-state index in [1.54, 1.807) is 23.5 Å². The molecule has 0 saturated carbocycles. The molecule has 0 spiro atoms. The minimum atomic E-state index is 0.0847. The lowest BCUT2D eigenvalue weighted by Crippen LogP contribution is -2.15. The van der Waals surface area contributed by atoms with E-state index in [2.05, 4.69) is 17.3 Å². The Morgan fingerprint density at radius 3 is 2.38 bits per heavy atom. The van der Waals surface area contributed by atoms with Gasteiger partial charge in [0, 0.05) is 16.0 Å². The molecule has 4 N–H and O–H groups in total. The smallest absolute Gasteiger partial charge is 0.170 e. The van der Waals surface area contributed by atoms with Crippen LogP contribution in [0.15, 0.2) is 53.0 Å². The Balaban J connectivity index is 2.38. The fourth-order valence-electron chi connectivity index (χ4n) is 2.78. The van der Waals surface area contributed by atoms with E-state index in [9.17, 15) is 10.3 Å². The van der Waals surface area contributed by atoms with Gasteiger partial charge < -0.3 is 16.0 Å². The number of aromatic hydroxyl groups is 1. The molecule has 0 saturated heterocycles. The summed E-state index contributed by atoms with van der Waals surface area (Å²) in [7, 11) is 0. The summed E-state index contributed by atoms with van der Waals surface area (Å²) in [6, 6.07) is 13.1. The first-order valence-corrected chi connectivity index (χ1v) is 8.35. The van der Waals surface area contributed by atoms with Gasteiger partial charge in [-0.2, -0.15) is 0 Å². The number of phenols is 1. The molecule has 5 heteroatoms. The second-order valence-electron chi connectivity index (χ2n) is 5.70. The summed E-state index contributed by atoms with van der Waals surface area (Å²) >= 11 is 1.62. The van der Waals surface area contributed by atoms with E-state index >= 15 is 0 Å². The lowest BCUT2D eigenvalue weighted by Gasteiger charge is -2.16. The van der Waals surface area contributed by atoms with Gasteiger partial charge in [0.1, 0.15) is 5.75 Å². The van der Waals surface area contributed by atoms with Crippen LogP contribution in [0.3, 0.4) is 0 Å². The Kier molecular flexibility index (Phi) is 4.27. The van der Waals surface area contributed by atoms with E-state index in [0.717, 1.165) is 32.7 Å². The highest BCUT2D eigenvalue weighted by atomic mass is 32.1. The van der Waals surface area contributed by atoms with Crippen molar-refractivity contribution in [3.63, 3.8) is 0 Å². The van der Waals surface area contributed by atoms with Crippen LogP contribution < -0.4 is 5.73 Å². The highest BCUT2D eigenvalue weighted by Crippen LogP contribution is 2.40. The van der Waals surface area contributed by atoms with Crippen LogP contribution in [-0.2, 0) is 0 Å². The fraction of sp³-hybridized carbons (Fsp3) is 0.105. The maximum atomic E-state index is 9.57. The molecule has 2 aromatic carbocycles. The van der Waals surface area contributed by atoms with E-state index in [0.29, 0.717) is 5.56 Å². The van der Waals surface area contributed by atoms with Gasteiger partial charge in [-0.15, -0.1) is 11.3 Å². The molecule has 0 amide bonds. The standard InChI is InChI=1S/C19H18N2O2S/c1-11-9-15(13-3-5-14(22)6-4-13)17(16(10-11)19(20)21-23)18-12(2)7-8-24-18/h3-10,22-23H,1-2H3,(H2,20,21). The quantitative estimate of drug-likeness (QED) is 0.285. The lowest BCUT2D eigenvalue weighted by molar-refractivity contribution is 0.318. The summed E-state index contributed by atoms with van der Waals surface area (Å²) in [4.78, 5) is 1.08. The zero-order chi connectivity index (χ0) is 17.3. The van der Waals surface area contributed by atoms with E-state index < -0.39 is 0 Å². The normalized spacial score (nSPS) is 11.7. The van der Waals surface area contributed by atoms with E-state index in [1.807, 2.05) is 37.4 Å². The van der Waals surface area contributed by atoms with Crippen molar-refractivity contribution >= 4 is 17.2 Å².